The molecule has 5 rings (SSSR count). The summed E-state index contributed by atoms with van der Waals surface area (Å²) in [6.07, 6.45) is 7.01. The summed E-state index contributed by atoms with van der Waals surface area (Å²) in [4.78, 5) is 23.4. The van der Waals surface area contributed by atoms with Crippen molar-refractivity contribution in [3.8, 4) is 11.3 Å². The summed E-state index contributed by atoms with van der Waals surface area (Å²) < 4.78 is 1.94. The molecule has 0 aliphatic carbocycles. The van der Waals surface area contributed by atoms with Crippen molar-refractivity contribution in [2.24, 2.45) is 0 Å². The highest BCUT2D eigenvalue weighted by Gasteiger charge is 2.25. The van der Waals surface area contributed by atoms with Crippen molar-refractivity contribution in [2.75, 3.05) is 13.1 Å². The molecule has 1 fully saturated rings. The Hall–Kier alpha value is -3.61. The van der Waals surface area contributed by atoms with E-state index in [9.17, 15) is 4.79 Å². The van der Waals surface area contributed by atoms with Gasteiger partial charge < -0.3 is 4.90 Å². The number of hydrogen-bond acceptors (Lipinski definition) is 5. The second kappa shape index (κ2) is 7.43. The molecule has 1 aliphatic rings. The molecule has 144 valence electrons. The number of rotatable bonds is 3. The molecule has 1 saturated heterocycles. The van der Waals surface area contributed by atoms with Gasteiger partial charge in [0.05, 0.1) is 23.3 Å². The third-order valence-corrected chi connectivity index (χ3v) is 5.42. The lowest BCUT2D eigenvalue weighted by Gasteiger charge is -2.31. The van der Waals surface area contributed by atoms with Crippen molar-refractivity contribution in [2.45, 2.75) is 18.9 Å². The van der Waals surface area contributed by atoms with Crippen molar-refractivity contribution >= 4 is 16.9 Å². The van der Waals surface area contributed by atoms with Crippen LogP contribution in [0.5, 0.6) is 0 Å². The van der Waals surface area contributed by atoms with E-state index in [2.05, 4.69) is 20.3 Å². The molecule has 2 aromatic carbocycles. The number of benzene rings is 2. The van der Waals surface area contributed by atoms with Crippen molar-refractivity contribution in [3.63, 3.8) is 0 Å². The third-order valence-electron chi connectivity index (χ3n) is 5.42. The van der Waals surface area contributed by atoms with Crippen molar-refractivity contribution in [1.29, 1.82) is 0 Å². The molecule has 3 heterocycles. The average Bonchev–Trinajstić information content (AvgIpc) is 3.29. The molecule has 0 unspecified atom stereocenters. The van der Waals surface area contributed by atoms with Gasteiger partial charge in [-0.05, 0) is 31.0 Å². The van der Waals surface area contributed by atoms with E-state index >= 15 is 0 Å². The predicted octanol–water partition coefficient (Wildman–Crippen LogP) is 3.37. The Morgan fingerprint density at radius 2 is 1.69 bits per heavy atom. The molecule has 4 aromatic rings. The summed E-state index contributed by atoms with van der Waals surface area (Å²) in [7, 11) is 0. The van der Waals surface area contributed by atoms with Gasteiger partial charge in [-0.3, -0.25) is 14.8 Å². The van der Waals surface area contributed by atoms with Gasteiger partial charge in [-0.2, -0.15) is 0 Å². The minimum absolute atomic E-state index is 0.0413. The maximum absolute atomic E-state index is 12.9. The van der Waals surface area contributed by atoms with Gasteiger partial charge in [-0.1, -0.05) is 35.5 Å². The van der Waals surface area contributed by atoms with Crippen LogP contribution in [0.25, 0.3) is 22.3 Å². The van der Waals surface area contributed by atoms with Crippen LogP contribution in [0.4, 0.5) is 0 Å². The molecule has 2 aromatic heterocycles. The number of fused-ring (bicyclic) bond motifs is 1. The average molecular weight is 384 g/mol. The fourth-order valence-electron chi connectivity index (χ4n) is 3.81. The van der Waals surface area contributed by atoms with E-state index in [4.69, 9.17) is 0 Å². The fraction of sp³-hybridized carbons (Fsp3) is 0.227. The Labute approximate surface area is 168 Å². The smallest absolute Gasteiger partial charge is 0.253 e. The monoisotopic (exact) mass is 384 g/mol. The molecule has 0 N–H and O–H groups in total. The first-order valence-electron chi connectivity index (χ1n) is 9.75. The predicted molar refractivity (Wildman–Crippen MR) is 109 cm³/mol. The Bertz CT molecular complexity index is 1150. The normalized spacial score (nSPS) is 15.0. The summed E-state index contributed by atoms with van der Waals surface area (Å²) in [6.45, 7) is 1.39. The number of amides is 1. The van der Waals surface area contributed by atoms with Gasteiger partial charge in [0.15, 0.2) is 0 Å². The van der Waals surface area contributed by atoms with Gasteiger partial charge in [0.25, 0.3) is 5.91 Å². The zero-order valence-corrected chi connectivity index (χ0v) is 15.8. The molecule has 0 atom stereocenters. The largest absolute Gasteiger partial charge is 0.338 e. The van der Waals surface area contributed by atoms with Gasteiger partial charge in [0.1, 0.15) is 5.69 Å². The van der Waals surface area contributed by atoms with Crippen molar-refractivity contribution in [3.05, 3.63) is 72.7 Å². The molecular formula is C22H20N6O. The van der Waals surface area contributed by atoms with E-state index in [1.54, 1.807) is 12.4 Å². The Kier molecular flexibility index (Phi) is 4.48. The third kappa shape index (κ3) is 3.47. The minimum Gasteiger partial charge on any atom is -0.338 e. The SMILES string of the molecule is O=C(c1ccc2nccnc2c1)N1CCC(n2cc(-c3ccccc3)nn2)CC1. The van der Waals surface area contributed by atoms with E-state index in [-0.39, 0.29) is 11.9 Å². The van der Waals surface area contributed by atoms with Crippen LogP contribution in [0, 0.1) is 0 Å². The number of carbonyl (C=O) groups is 1. The maximum atomic E-state index is 12.9. The van der Waals surface area contributed by atoms with Gasteiger partial charge in [0, 0.05) is 36.6 Å². The van der Waals surface area contributed by atoms with Crippen LogP contribution in [-0.4, -0.2) is 48.9 Å². The lowest BCUT2D eigenvalue weighted by molar-refractivity contribution is 0.0689. The molecule has 29 heavy (non-hydrogen) atoms. The Morgan fingerprint density at radius 3 is 2.48 bits per heavy atom. The number of hydrogen-bond donors (Lipinski definition) is 0. The van der Waals surface area contributed by atoms with E-state index < -0.39 is 0 Å². The van der Waals surface area contributed by atoms with Crippen LogP contribution >= 0.6 is 0 Å². The van der Waals surface area contributed by atoms with Crippen molar-refractivity contribution in [1.82, 2.24) is 29.9 Å². The molecule has 0 saturated carbocycles. The van der Waals surface area contributed by atoms with Crippen LogP contribution in [0.2, 0.25) is 0 Å². The number of aromatic nitrogens is 5. The summed E-state index contributed by atoms with van der Waals surface area (Å²) in [5, 5.41) is 8.64. The number of likely N-dealkylation sites (tertiary alicyclic amines) is 1. The van der Waals surface area contributed by atoms with Crippen molar-refractivity contribution < 1.29 is 4.79 Å². The van der Waals surface area contributed by atoms with Gasteiger partial charge in [-0.25, -0.2) is 4.68 Å². The van der Waals surface area contributed by atoms with Crippen LogP contribution in [0.3, 0.4) is 0 Å². The molecular weight excluding hydrogens is 364 g/mol. The van der Waals surface area contributed by atoms with Gasteiger partial charge >= 0.3 is 0 Å². The van der Waals surface area contributed by atoms with Crippen LogP contribution in [-0.2, 0) is 0 Å². The molecule has 0 spiro atoms. The minimum atomic E-state index is 0.0413. The highest BCUT2D eigenvalue weighted by molar-refractivity contribution is 5.97. The first kappa shape index (κ1) is 17.5. The summed E-state index contributed by atoms with van der Waals surface area (Å²) in [5.74, 6) is 0.0413. The Morgan fingerprint density at radius 1 is 0.931 bits per heavy atom. The second-order valence-corrected chi connectivity index (χ2v) is 7.23. The van der Waals surface area contributed by atoms with E-state index in [0.29, 0.717) is 18.7 Å². The quantitative estimate of drug-likeness (QED) is 0.541. The fourth-order valence-corrected chi connectivity index (χ4v) is 3.81. The molecule has 1 aliphatic heterocycles. The van der Waals surface area contributed by atoms with Crippen LogP contribution in [0.1, 0.15) is 29.2 Å². The Balaban J connectivity index is 1.26. The standard InChI is InChI=1S/C22H20N6O/c29-22(17-6-7-19-20(14-17)24-11-10-23-19)27-12-8-18(9-13-27)28-15-21(25-26-28)16-4-2-1-3-5-16/h1-7,10-11,14-15,18H,8-9,12-13H2. The lowest BCUT2D eigenvalue weighted by atomic mass is 10.0. The first-order valence-corrected chi connectivity index (χ1v) is 9.75. The molecule has 7 heteroatoms. The zero-order valence-electron chi connectivity index (χ0n) is 15.8. The maximum Gasteiger partial charge on any atom is 0.253 e. The van der Waals surface area contributed by atoms with Crippen LogP contribution < -0.4 is 0 Å². The first-order chi connectivity index (χ1) is 14.3. The highest BCUT2D eigenvalue weighted by atomic mass is 16.2. The zero-order chi connectivity index (χ0) is 19.6. The molecule has 7 nitrogen and oxygen atoms in total. The molecule has 0 bridgehead atoms. The summed E-state index contributed by atoms with van der Waals surface area (Å²) in [5.41, 5.74) is 4.13. The van der Waals surface area contributed by atoms with E-state index in [0.717, 1.165) is 35.1 Å². The van der Waals surface area contributed by atoms with Crippen LogP contribution in [0.15, 0.2) is 67.1 Å². The molecule has 0 radical (unpaired) electrons. The van der Waals surface area contributed by atoms with Gasteiger partial charge in [-0.15, -0.1) is 5.10 Å². The van der Waals surface area contributed by atoms with Gasteiger partial charge in [0.2, 0.25) is 0 Å². The van der Waals surface area contributed by atoms with E-state index in [1.165, 1.54) is 0 Å². The number of carbonyl (C=O) groups excluding carboxylic acids is 1. The highest BCUT2D eigenvalue weighted by Crippen LogP contribution is 2.25. The number of piperidine rings is 1. The molecule has 1 amide bonds. The summed E-state index contributed by atoms with van der Waals surface area (Å²) in [6, 6.07) is 15.8. The number of nitrogens with zero attached hydrogens (tertiary/aromatic N) is 6. The summed E-state index contributed by atoms with van der Waals surface area (Å²) >= 11 is 0. The second-order valence-electron chi connectivity index (χ2n) is 7.23. The lowest BCUT2D eigenvalue weighted by Crippen LogP contribution is -2.39. The topological polar surface area (TPSA) is 76.8 Å². The van der Waals surface area contributed by atoms with E-state index in [1.807, 2.05) is 64.3 Å².